The van der Waals surface area contributed by atoms with E-state index >= 15 is 0 Å². The monoisotopic (exact) mass is 227 g/mol. The van der Waals surface area contributed by atoms with E-state index in [2.05, 4.69) is 0 Å². The van der Waals surface area contributed by atoms with Crippen molar-refractivity contribution in [1.29, 1.82) is 5.26 Å². The minimum atomic E-state index is -1.76. The summed E-state index contributed by atoms with van der Waals surface area (Å²) in [5.41, 5.74) is -1.07. The number of halogens is 3. The lowest BCUT2D eigenvalue weighted by molar-refractivity contribution is -0.131. The van der Waals surface area contributed by atoms with Gasteiger partial charge in [0.2, 0.25) is 0 Å². The van der Waals surface area contributed by atoms with E-state index < -0.39 is 29.0 Å². The highest BCUT2D eigenvalue weighted by molar-refractivity contribution is 5.85. The fourth-order valence-electron chi connectivity index (χ4n) is 1.02. The van der Waals surface area contributed by atoms with Gasteiger partial charge in [-0.1, -0.05) is 0 Å². The number of hydrogen-bond acceptors (Lipinski definition) is 2. The Morgan fingerprint density at radius 1 is 1.38 bits per heavy atom. The number of carboxylic acid groups (broad SMARTS) is 1. The van der Waals surface area contributed by atoms with Crippen molar-refractivity contribution in [2.24, 2.45) is 0 Å². The lowest BCUT2D eigenvalue weighted by Crippen LogP contribution is -1.98. The minimum absolute atomic E-state index is 0.332. The van der Waals surface area contributed by atoms with Gasteiger partial charge < -0.3 is 5.11 Å². The molecule has 0 atom stereocenters. The van der Waals surface area contributed by atoms with Crippen molar-refractivity contribution in [3.05, 3.63) is 40.7 Å². The van der Waals surface area contributed by atoms with Crippen LogP contribution in [-0.2, 0) is 4.79 Å². The number of carboxylic acids is 1. The van der Waals surface area contributed by atoms with E-state index in [1.807, 2.05) is 0 Å². The molecule has 0 heterocycles. The first-order valence-electron chi connectivity index (χ1n) is 3.96. The molecule has 0 fully saturated rings. The molecule has 0 aliphatic carbocycles. The summed E-state index contributed by atoms with van der Waals surface area (Å²) in [4.78, 5) is 10.2. The molecule has 0 spiro atoms. The number of rotatable bonds is 2. The third-order valence-corrected chi connectivity index (χ3v) is 1.71. The van der Waals surface area contributed by atoms with Gasteiger partial charge in [0.25, 0.3) is 0 Å². The first-order valence-corrected chi connectivity index (χ1v) is 3.96. The second-order valence-electron chi connectivity index (χ2n) is 2.73. The van der Waals surface area contributed by atoms with Crippen LogP contribution in [-0.4, -0.2) is 11.1 Å². The molecule has 16 heavy (non-hydrogen) atoms. The summed E-state index contributed by atoms with van der Waals surface area (Å²) >= 11 is 0. The van der Waals surface area contributed by atoms with Crippen LogP contribution in [0.25, 0.3) is 6.08 Å². The number of aliphatic carboxylic acids is 1. The lowest BCUT2D eigenvalue weighted by atomic mass is 10.1. The smallest absolute Gasteiger partial charge is 0.328 e. The van der Waals surface area contributed by atoms with E-state index in [1.54, 1.807) is 0 Å². The van der Waals surface area contributed by atoms with Gasteiger partial charge in [0.15, 0.2) is 17.5 Å². The average molecular weight is 227 g/mol. The fourth-order valence-corrected chi connectivity index (χ4v) is 1.02. The zero-order valence-electron chi connectivity index (χ0n) is 7.67. The zero-order valence-corrected chi connectivity index (χ0v) is 7.67. The molecule has 0 saturated heterocycles. The van der Waals surface area contributed by atoms with Gasteiger partial charge in [-0.15, -0.1) is 0 Å². The van der Waals surface area contributed by atoms with Gasteiger partial charge in [0.05, 0.1) is 5.56 Å². The average Bonchev–Trinajstić information content (AvgIpc) is 2.23. The Morgan fingerprint density at radius 3 is 2.50 bits per heavy atom. The Morgan fingerprint density at radius 2 is 2.00 bits per heavy atom. The predicted molar refractivity (Wildman–Crippen MR) is 47.7 cm³/mol. The minimum Gasteiger partial charge on any atom is -0.478 e. The van der Waals surface area contributed by atoms with Gasteiger partial charge in [-0.3, -0.25) is 0 Å². The third kappa shape index (κ3) is 2.20. The molecule has 1 rings (SSSR count). The first-order chi connectivity index (χ1) is 7.47. The Bertz CT molecular complexity index is 518. The van der Waals surface area contributed by atoms with Crippen molar-refractivity contribution in [2.45, 2.75) is 0 Å². The normalized spacial score (nSPS) is 10.4. The largest absolute Gasteiger partial charge is 0.478 e. The van der Waals surface area contributed by atoms with Crippen molar-refractivity contribution in [1.82, 2.24) is 0 Å². The maximum Gasteiger partial charge on any atom is 0.328 e. The molecule has 6 heteroatoms. The number of nitriles is 1. The summed E-state index contributed by atoms with van der Waals surface area (Å²) in [6.07, 6.45) is 1.40. The van der Waals surface area contributed by atoms with Crippen LogP contribution in [0.15, 0.2) is 12.1 Å². The van der Waals surface area contributed by atoms with Gasteiger partial charge in [-0.2, -0.15) is 5.26 Å². The summed E-state index contributed by atoms with van der Waals surface area (Å²) in [5, 5.41) is 16.8. The summed E-state index contributed by atoms with van der Waals surface area (Å²) in [6.45, 7) is 0. The molecule has 0 aromatic heterocycles. The predicted octanol–water partition coefficient (Wildman–Crippen LogP) is 2.07. The molecule has 0 radical (unpaired) electrons. The van der Waals surface area contributed by atoms with Crippen LogP contribution in [0.3, 0.4) is 0 Å². The molecular weight excluding hydrogens is 223 g/mol. The molecule has 0 saturated carbocycles. The summed E-state index contributed by atoms with van der Waals surface area (Å²) in [7, 11) is 0. The Labute approximate surface area is 88.0 Å². The Balaban J connectivity index is 3.41. The summed E-state index contributed by atoms with van der Waals surface area (Å²) in [6, 6.07) is 1.88. The fraction of sp³-hybridized carbons (Fsp3) is 0. The van der Waals surface area contributed by atoms with E-state index in [9.17, 15) is 18.0 Å². The van der Waals surface area contributed by atoms with Crippen LogP contribution in [0.5, 0.6) is 0 Å². The van der Waals surface area contributed by atoms with Crippen molar-refractivity contribution in [3.8, 4) is 6.07 Å². The quantitative estimate of drug-likeness (QED) is 0.621. The number of hydrogen-bond donors (Lipinski definition) is 1. The van der Waals surface area contributed by atoms with Gasteiger partial charge >= 0.3 is 5.97 Å². The molecule has 0 bridgehead atoms. The Kier molecular flexibility index (Phi) is 3.30. The molecule has 0 aliphatic rings. The SMILES string of the molecule is N#Cc1c(/C=C/C(=O)O)cc(F)c(F)c1F. The standard InChI is InChI=1S/C10H4F3NO2/c11-7-3-5(1-2-8(15)16)6(4-14)9(12)10(7)13/h1-3H,(H,15,16)/b2-1+. The molecule has 0 amide bonds. The summed E-state index contributed by atoms with van der Waals surface area (Å²) in [5.74, 6) is -6.23. The van der Waals surface area contributed by atoms with Crippen LogP contribution in [0.1, 0.15) is 11.1 Å². The molecule has 0 aliphatic heterocycles. The molecule has 82 valence electrons. The van der Waals surface area contributed by atoms with E-state index in [0.717, 1.165) is 6.08 Å². The second-order valence-corrected chi connectivity index (χ2v) is 2.73. The van der Waals surface area contributed by atoms with Crippen molar-refractivity contribution in [3.63, 3.8) is 0 Å². The van der Waals surface area contributed by atoms with E-state index in [-0.39, 0.29) is 5.56 Å². The molecule has 3 nitrogen and oxygen atoms in total. The van der Waals surface area contributed by atoms with Crippen LogP contribution in [0, 0.1) is 28.8 Å². The lowest BCUT2D eigenvalue weighted by Gasteiger charge is -2.01. The molecule has 1 aromatic rings. The van der Waals surface area contributed by atoms with Crippen LogP contribution in [0.4, 0.5) is 13.2 Å². The molecule has 0 unspecified atom stereocenters. The van der Waals surface area contributed by atoms with Crippen molar-refractivity contribution < 1.29 is 23.1 Å². The Hall–Kier alpha value is -2.29. The number of nitrogens with zero attached hydrogens (tertiary/aromatic N) is 1. The van der Waals surface area contributed by atoms with Gasteiger partial charge in [-0.05, 0) is 17.7 Å². The van der Waals surface area contributed by atoms with Gasteiger partial charge in [0, 0.05) is 6.08 Å². The molecule has 1 aromatic carbocycles. The van der Waals surface area contributed by atoms with E-state index in [1.165, 1.54) is 6.07 Å². The molecule has 1 N–H and O–H groups in total. The highest BCUT2D eigenvalue weighted by Crippen LogP contribution is 2.20. The third-order valence-electron chi connectivity index (χ3n) is 1.71. The topological polar surface area (TPSA) is 61.1 Å². The first kappa shape index (κ1) is 11.8. The summed E-state index contributed by atoms with van der Waals surface area (Å²) < 4.78 is 38.5. The van der Waals surface area contributed by atoms with Crippen molar-refractivity contribution >= 4 is 12.0 Å². The zero-order chi connectivity index (χ0) is 12.3. The van der Waals surface area contributed by atoms with Gasteiger partial charge in [-0.25, -0.2) is 18.0 Å². The van der Waals surface area contributed by atoms with Crippen LogP contribution >= 0.6 is 0 Å². The maximum absolute atomic E-state index is 13.0. The van der Waals surface area contributed by atoms with Crippen LogP contribution in [0.2, 0.25) is 0 Å². The number of benzene rings is 1. The number of carbonyl (C=O) groups is 1. The van der Waals surface area contributed by atoms with E-state index in [4.69, 9.17) is 10.4 Å². The van der Waals surface area contributed by atoms with Crippen molar-refractivity contribution in [2.75, 3.05) is 0 Å². The van der Waals surface area contributed by atoms with Crippen LogP contribution < -0.4 is 0 Å². The maximum atomic E-state index is 13.0. The molecular formula is C10H4F3NO2. The highest BCUT2D eigenvalue weighted by Gasteiger charge is 2.17. The highest BCUT2D eigenvalue weighted by atomic mass is 19.2. The van der Waals surface area contributed by atoms with Gasteiger partial charge in [0.1, 0.15) is 6.07 Å². The van der Waals surface area contributed by atoms with E-state index in [0.29, 0.717) is 12.1 Å². The second kappa shape index (κ2) is 4.49.